The molecule has 1 saturated carbocycles. The van der Waals surface area contributed by atoms with Gasteiger partial charge in [0, 0.05) is 11.1 Å². The molecule has 0 amide bonds. The highest BCUT2D eigenvalue weighted by atomic mass is 35.5. The van der Waals surface area contributed by atoms with Crippen LogP contribution in [0.4, 0.5) is 0 Å². The quantitative estimate of drug-likeness (QED) is 0.848. The molecule has 5 nitrogen and oxygen atoms in total. The van der Waals surface area contributed by atoms with Crippen LogP contribution in [0.1, 0.15) is 19.3 Å². The van der Waals surface area contributed by atoms with E-state index in [0.717, 1.165) is 19.3 Å². The Bertz CT molecular complexity index is 581. The third-order valence-electron chi connectivity index (χ3n) is 3.68. The van der Waals surface area contributed by atoms with Gasteiger partial charge in [-0.3, -0.25) is 0 Å². The van der Waals surface area contributed by atoms with E-state index in [1.54, 1.807) is 12.1 Å². The molecule has 0 aliphatic heterocycles. The van der Waals surface area contributed by atoms with Crippen molar-refractivity contribution in [1.29, 1.82) is 0 Å². The van der Waals surface area contributed by atoms with E-state index in [2.05, 4.69) is 4.72 Å². The highest BCUT2D eigenvalue weighted by molar-refractivity contribution is 7.89. The molecule has 0 bridgehead atoms. The van der Waals surface area contributed by atoms with E-state index < -0.39 is 10.0 Å². The van der Waals surface area contributed by atoms with Crippen LogP contribution in [0.3, 0.4) is 0 Å². The second-order valence-electron chi connectivity index (χ2n) is 4.95. The SMILES string of the molecule is COc1ccc(Cl)cc1S(=O)(=O)NC1CCCC1CN.Cl. The lowest BCUT2D eigenvalue weighted by molar-refractivity contribution is 0.400. The van der Waals surface area contributed by atoms with Gasteiger partial charge in [-0.1, -0.05) is 18.0 Å². The monoisotopic (exact) mass is 354 g/mol. The van der Waals surface area contributed by atoms with Crippen molar-refractivity contribution in [2.75, 3.05) is 13.7 Å². The van der Waals surface area contributed by atoms with E-state index in [1.165, 1.54) is 13.2 Å². The maximum atomic E-state index is 12.5. The van der Waals surface area contributed by atoms with Crippen LogP contribution in [0, 0.1) is 5.92 Å². The summed E-state index contributed by atoms with van der Waals surface area (Å²) >= 11 is 5.88. The van der Waals surface area contributed by atoms with Gasteiger partial charge in [0.1, 0.15) is 10.6 Å². The van der Waals surface area contributed by atoms with Crippen molar-refractivity contribution >= 4 is 34.0 Å². The van der Waals surface area contributed by atoms with Crippen LogP contribution < -0.4 is 15.2 Å². The van der Waals surface area contributed by atoms with Gasteiger partial charge in [-0.15, -0.1) is 12.4 Å². The Morgan fingerprint density at radius 1 is 1.43 bits per heavy atom. The summed E-state index contributed by atoms with van der Waals surface area (Å²) in [5.41, 5.74) is 5.68. The second-order valence-corrected chi connectivity index (χ2v) is 7.07. The van der Waals surface area contributed by atoms with Gasteiger partial charge in [0.2, 0.25) is 10.0 Å². The minimum absolute atomic E-state index is 0. The van der Waals surface area contributed by atoms with Gasteiger partial charge in [0.05, 0.1) is 7.11 Å². The third-order valence-corrected chi connectivity index (χ3v) is 5.43. The van der Waals surface area contributed by atoms with Gasteiger partial charge < -0.3 is 10.5 Å². The Labute approximate surface area is 136 Å². The normalized spacial score (nSPS) is 21.9. The Hall–Kier alpha value is -0.530. The molecule has 1 aliphatic carbocycles. The van der Waals surface area contributed by atoms with Crippen molar-refractivity contribution in [2.24, 2.45) is 11.7 Å². The molecule has 0 aromatic heterocycles. The molecule has 21 heavy (non-hydrogen) atoms. The van der Waals surface area contributed by atoms with Crippen molar-refractivity contribution in [3.8, 4) is 5.75 Å². The second kappa shape index (κ2) is 7.65. The number of hydrogen-bond acceptors (Lipinski definition) is 4. The van der Waals surface area contributed by atoms with Gasteiger partial charge in [0.15, 0.2) is 0 Å². The van der Waals surface area contributed by atoms with Crippen LogP contribution in [0.25, 0.3) is 0 Å². The van der Waals surface area contributed by atoms with Crippen LogP contribution in [-0.4, -0.2) is 28.1 Å². The summed E-state index contributed by atoms with van der Waals surface area (Å²) in [6.07, 6.45) is 2.75. The van der Waals surface area contributed by atoms with E-state index in [0.29, 0.717) is 11.6 Å². The molecule has 1 aliphatic rings. The highest BCUT2D eigenvalue weighted by Gasteiger charge is 2.31. The minimum atomic E-state index is -3.67. The summed E-state index contributed by atoms with van der Waals surface area (Å²) in [6.45, 7) is 0.486. The molecule has 8 heteroatoms. The lowest BCUT2D eigenvalue weighted by Crippen LogP contribution is -2.39. The van der Waals surface area contributed by atoms with Crippen molar-refractivity contribution in [3.63, 3.8) is 0 Å². The van der Waals surface area contributed by atoms with Crippen molar-refractivity contribution in [2.45, 2.75) is 30.2 Å². The van der Waals surface area contributed by atoms with Gasteiger partial charge in [-0.2, -0.15) is 0 Å². The summed E-state index contributed by atoms with van der Waals surface area (Å²) in [7, 11) is -2.24. The third kappa shape index (κ3) is 4.23. The fourth-order valence-corrected chi connectivity index (χ4v) is 4.37. The summed E-state index contributed by atoms with van der Waals surface area (Å²) in [5.74, 6) is 0.471. The summed E-state index contributed by atoms with van der Waals surface area (Å²) in [4.78, 5) is 0.0650. The van der Waals surface area contributed by atoms with Crippen LogP contribution in [0.15, 0.2) is 23.1 Å². The standard InChI is InChI=1S/C13H19ClN2O3S.ClH/c1-19-12-6-5-10(14)7-13(12)20(17,18)16-11-4-2-3-9(11)8-15;/h5-7,9,11,16H,2-4,8,15H2,1H3;1H. The number of nitrogens with one attached hydrogen (secondary N) is 1. The summed E-state index contributed by atoms with van der Waals surface area (Å²) in [6, 6.07) is 4.42. The topological polar surface area (TPSA) is 81.4 Å². The molecule has 0 heterocycles. The maximum Gasteiger partial charge on any atom is 0.244 e. The average molecular weight is 355 g/mol. The van der Waals surface area contributed by atoms with Gasteiger partial charge in [0.25, 0.3) is 0 Å². The number of ether oxygens (including phenoxy) is 1. The number of halogens is 2. The molecular weight excluding hydrogens is 335 g/mol. The molecule has 120 valence electrons. The first kappa shape index (κ1) is 18.5. The number of hydrogen-bond donors (Lipinski definition) is 2. The first-order valence-electron chi connectivity index (χ1n) is 6.54. The number of benzene rings is 1. The molecule has 2 rings (SSSR count). The lowest BCUT2D eigenvalue weighted by atomic mass is 10.1. The largest absolute Gasteiger partial charge is 0.495 e. The molecule has 0 radical (unpaired) electrons. The van der Waals surface area contributed by atoms with Crippen molar-refractivity contribution in [1.82, 2.24) is 4.72 Å². The molecule has 3 N–H and O–H groups in total. The Morgan fingerprint density at radius 2 is 2.14 bits per heavy atom. The van der Waals surface area contributed by atoms with E-state index in [1.807, 2.05) is 0 Å². The maximum absolute atomic E-state index is 12.5. The molecule has 0 spiro atoms. The zero-order valence-electron chi connectivity index (χ0n) is 11.7. The number of rotatable bonds is 5. The van der Waals surface area contributed by atoms with Gasteiger partial charge in [-0.25, -0.2) is 13.1 Å². The molecule has 1 aromatic carbocycles. The summed E-state index contributed by atoms with van der Waals surface area (Å²) < 4.78 is 32.8. The molecule has 2 atom stereocenters. The lowest BCUT2D eigenvalue weighted by Gasteiger charge is -2.20. The Kier molecular flexibility index (Phi) is 6.74. The summed E-state index contributed by atoms with van der Waals surface area (Å²) in [5, 5.41) is 0.355. The Morgan fingerprint density at radius 3 is 2.76 bits per heavy atom. The smallest absolute Gasteiger partial charge is 0.244 e. The zero-order chi connectivity index (χ0) is 14.8. The predicted octanol–water partition coefficient (Wildman–Crippen LogP) is 2.18. The zero-order valence-corrected chi connectivity index (χ0v) is 14.1. The Balaban J connectivity index is 0.00000220. The first-order chi connectivity index (χ1) is 9.47. The van der Waals surface area contributed by atoms with Crippen LogP contribution in [0.5, 0.6) is 5.75 Å². The highest BCUT2D eigenvalue weighted by Crippen LogP contribution is 2.30. The average Bonchev–Trinajstić information content (AvgIpc) is 2.85. The predicted molar refractivity (Wildman–Crippen MR) is 85.8 cm³/mol. The fourth-order valence-electron chi connectivity index (χ4n) is 2.60. The molecule has 1 aromatic rings. The van der Waals surface area contributed by atoms with Gasteiger partial charge in [-0.05, 0) is 43.5 Å². The number of nitrogens with two attached hydrogens (primary N) is 1. The molecule has 1 fully saturated rings. The molecule has 0 saturated heterocycles. The minimum Gasteiger partial charge on any atom is -0.495 e. The van der Waals surface area contributed by atoms with Crippen LogP contribution >= 0.6 is 24.0 Å². The van der Waals surface area contributed by atoms with Crippen LogP contribution in [0.2, 0.25) is 5.02 Å². The van der Waals surface area contributed by atoms with E-state index >= 15 is 0 Å². The number of sulfonamides is 1. The number of methoxy groups -OCH3 is 1. The fraction of sp³-hybridized carbons (Fsp3) is 0.538. The van der Waals surface area contributed by atoms with Crippen molar-refractivity contribution in [3.05, 3.63) is 23.2 Å². The van der Waals surface area contributed by atoms with Crippen LogP contribution in [-0.2, 0) is 10.0 Å². The van der Waals surface area contributed by atoms with E-state index in [9.17, 15) is 8.42 Å². The molecular formula is C13H20Cl2N2O3S. The van der Waals surface area contributed by atoms with Gasteiger partial charge >= 0.3 is 0 Å². The van der Waals surface area contributed by atoms with Crippen molar-refractivity contribution < 1.29 is 13.2 Å². The van der Waals surface area contributed by atoms with E-state index in [-0.39, 0.29) is 35.0 Å². The molecule has 2 unspecified atom stereocenters. The first-order valence-corrected chi connectivity index (χ1v) is 8.40. The van der Waals surface area contributed by atoms with E-state index in [4.69, 9.17) is 22.1 Å².